The second-order valence-electron chi connectivity index (χ2n) is 6.29. The molecule has 0 aromatic heterocycles. The van der Waals surface area contributed by atoms with Gasteiger partial charge in [-0.2, -0.15) is 0 Å². The number of halogens is 3. The molecule has 1 aromatic carbocycles. The van der Waals surface area contributed by atoms with Gasteiger partial charge in [-0.15, -0.1) is 0 Å². The molecule has 0 bridgehead atoms. The maximum Gasteiger partial charge on any atom is 0.303 e. The zero-order valence-electron chi connectivity index (χ0n) is 17.4. The summed E-state index contributed by atoms with van der Waals surface area (Å²) in [6, 6.07) is 2.61. The number of hydrogen-bond donors (Lipinski definition) is 1. The van der Waals surface area contributed by atoms with E-state index in [1.54, 1.807) is 0 Å². The lowest BCUT2D eigenvalue weighted by molar-refractivity contribution is -0.190. The van der Waals surface area contributed by atoms with Gasteiger partial charge in [0.1, 0.15) is 6.61 Å². The number of amides is 1. The number of carbonyl (C=O) groups is 5. The number of hydrogen-bond acceptors (Lipinski definition) is 9. The van der Waals surface area contributed by atoms with Crippen LogP contribution in [0.15, 0.2) is 12.1 Å². The highest BCUT2D eigenvalue weighted by molar-refractivity contribution is 6.42. The molecule has 0 heterocycles. The zero-order valence-corrected chi connectivity index (χ0v) is 19.7. The molecule has 0 radical (unpaired) electrons. The Bertz CT molecular complexity index is 883. The molecule has 0 saturated heterocycles. The fraction of sp³-hybridized carbons (Fsp3) is 0.421. The molecule has 0 spiro atoms. The molecule has 0 fully saturated rings. The molecule has 0 aliphatic heterocycles. The molecule has 0 saturated carbocycles. The number of esters is 4. The molecule has 0 aliphatic rings. The van der Waals surface area contributed by atoms with Gasteiger partial charge in [0, 0.05) is 32.7 Å². The van der Waals surface area contributed by atoms with Gasteiger partial charge in [0.25, 0.3) is 5.91 Å². The fourth-order valence-electron chi connectivity index (χ4n) is 2.44. The van der Waals surface area contributed by atoms with E-state index in [0.717, 1.165) is 27.7 Å². The summed E-state index contributed by atoms with van der Waals surface area (Å²) >= 11 is 18.0. The summed E-state index contributed by atoms with van der Waals surface area (Å²) in [5, 5.41) is 2.50. The van der Waals surface area contributed by atoms with Crippen molar-refractivity contribution < 1.29 is 42.9 Å². The van der Waals surface area contributed by atoms with Crippen molar-refractivity contribution in [2.45, 2.75) is 46.0 Å². The summed E-state index contributed by atoms with van der Waals surface area (Å²) in [5.41, 5.74) is -0.0644. The molecule has 13 heteroatoms. The van der Waals surface area contributed by atoms with Gasteiger partial charge in [0.05, 0.1) is 15.7 Å². The van der Waals surface area contributed by atoms with Crippen molar-refractivity contribution >= 4 is 70.3 Å². The summed E-state index contributed by atoms with van der Waals surface area (Å²) in [4.78, 5) is 59.2. The quantitative estimate of drug-likeness (QED) is 0.391. The molecule has 1 aromatic rings. The highest BCUT2D eigenvalue weighted by atomic mass is 35.5. The molecule has 10 nitrogen and oxygen atoms in total. The normalized spacial score (nSPS) is 13.2. The van der Waals surface area contributed by atoms with Gasteiger partial charge in [-0.1, -0.05) is 34.8 Å². The first kappa shape index (κ1) is 27.5. The van der Waals surface area contributed by atoms with E-state index >= 15 is 0 Å². The number of rotatable bonds is 9. The Labute approximate surface area is 198 Å². The first-order valence-electron chi connectivity index (χ1n) is 8.92. The van der Waals surface area contributed by atoms with E-state index in [4.69, 9.17) is 53.8 Å². The van der Waals surface area contributed by atoms with Crippen LogP contribution in [0.4, 0.5) is 5.69 Å². The molecule has 32 heavy (non-hydrogen) atoms. The molecular weight excluding hydrogens is 493 g/mol. The molecule has 1 rings (SSSR count). The topological polar surface area (TPSA) is 134 Å². The van der Waals surface area contributed by atoms with Crippen LogP contribution in [0.5, 0.6) is 0 Å². The minimum Gasteiger partial charge on any atom is -0.462 e. The predicted octanol–water partition coefficient (Wildman–Crippen LogP) is 2.94. The minimum absolute atomic E-state index is 0.0297. The number of carbonyl (C=O) groups excluding carboxylic acids is 5. The van der Waals surface area contributed by atoms with Gasteiger partial charge in [-0.25, -0.2) is 0 Å². The first-order valence-corrected chi connectivity index (χ1v) is 10.1. The monoisotopic (exact) mass is 511 g/mol. The number of ether oxygens (including phenoxy) is 4. The maximum absolute atomic E-state index is 13.0. The van der Waals surface area contributed by atoms with E-state index in [1.165, 1.54) is 12.1 Å². The van der Waals surface area contributed by atoms with Crippen molar-refractivity contribution in [3.05, 3.63) is 27.2 Å². The third-order valence-electron chi connectivity index (χ3n) is 3.54. The lowest BCUT2D eigenvalue weighted by Crippen LogP contribution is -2.52. The second-order valence-corrected chi connectivity index (χ2v) is 7.54. The average molecular weight is 513 g/mol. The number of nitrogens with one attached hydrogen (secondary N) is 1. The Morgan fingerprint density at radius 1 is 0.812 bits per heavy atom. The lowest BCUT2D eigenvalue weighted by Gasteiger charge is -2.31. The zero-order chi connectivity index (χ0) is 24.6. The van der Waals surface area contributed by atoms with Crippen LogP contribution < -0.4 is 5.32 Å². The van der Waals surface area contributed by atoms with Gasteiger partial charge >= 0.3 is 23.9 Å². The van der Waals surface area contributed by atoms with Gasteiger partial charge in [-0.3, -0.25) is 24.0 Å². The molecule has 1 amide bonds. The van der Waals surface area contributed by atoms with Crippen LogP contribution in [-0.4, -0.2) is 54.7 Å². The van der Waals surface area contributed by atoms with E-state index in [2.05, 4.69) is 5.32 Å². The van der Waals surface area contributed by atoms with Crippen LogP contribution in [0.1, 0.15) is 27.7 Å². The summed E-state index contributed by atoms with van der Waals surface area (Å²) in [6.07, 6.45) is -5.03. The van der Waals surface area contributed by atoms with Gasteiger partial charge in [-0.05, 0) is 12.1 Å². The largest absolute Gasteiger partial charge is 0.462 e. The van der Waals surface area contributed by atoms with Crippen LogP contribution in [0.3, 0.4) is 0 Å². The van der Waals surface area contributed by atoms with Crippen LogP contribution >= 0.6 is 34.8 Å². The van der Waals surface area contributed by atoms with Crippen molar-refractivity contribution in [3.63, 3.8) is 0 Å². The first-order chi connectivity index (χ1) is 14.8. The third kappa shape index (κ3) is 8.89. The maximum atomic E-state index is 13.0. The van der Waals surface area contributed by atoms with Gasteiger partial charge in [0.2, 0.25) is 6.10 Å². The Morgan fingerprint density at radius 2 is 1.31 bits per heavy atom. The van der Waals surface area contributed by atoms with E-state index in [-0.39, 0.29) is 20.8 Å². The van der Waals surface area contributed by atoms with Crippen molar-refractivity contribution in [2.24, 2.45) is 0 Å². The van der Waals surface area contributed by atoms with E-state index in [1.807, 2.05) is 0 Å². The fourth-order valence-corrected chi connectivity index (χ4v) is 3.35. The summed E-state index contributed by atoms with van der Waals surface area (Å²) in [7, 11) is 0. The smallest absolute Gasteiger partial charge is 0.303 e. The predicted molar refractivity (Wildman–Crippen MR) is 113 cm³/mol. The van der Waals surface area contributed by atoms with E-state index in [9.17, 15) is 24.0 Å². The van der Waals surface area contributed by atoms with Crippen molar-refractivity contribution in [1.82, 2.24) is 0 Å². The molecular formula is C19H20Cl3NO9. The van der Waals surface area contributed by atoms with Crippen LogP contribution in [0.2, 0.25) is 15.1 Å². The third-order valence-corrected chi connectivity index (χ3v) is 4.36. The molecule has 176 valence electrons. The molecule has 3 atom stereocenters. The van der Waals surface area contributed by atoms with E-state index < -0.39 is 54.7 Å². The highest BCUT2D eigenvalue weighted by Crippen LogP contribution is 2.34. The highest BCUT2D eigenvalue weighted by Gasteiger charge is 2.42. The Hall–Kier alpha value is -2.56. The van der Waals surface area contributed by atoms with Crippen molar-refractivity contribution in [2.75, 3.05) is 11.9 Å². The Balaban J connectivity index is 3.39. The summed E-state index contributed by atoms with van der Waals surface area (Å²) < 4.78 is 20.1. The average Bonchev–Trinajstić information content (AvgIpc) is 2.63. The molecule has 1 N–H and O–H groups in total. The minimum atomic E-state index is -1.85. The van der Waals surface area contributed by atoms with E-state index in [0.29, 0.717) is 0 Å². The Morgan fingerprint density at radius 3 is 1.75 bits per heavy atom. The van der Waals surface area contributed by atoms with Gasteiger partial charge in [0.15, 0.2) is 12.2 Å². The van der Waals surface area contributed by atoms with Crippen molar-refractivity contribution in [1.29, 1.82) is 0 Å². The number of anilines is 1. The molecule has 0 unspecified atom stereocenters. The second kappa shape index (κ2) is 12.5. The van der Waals surface area contributed by atoms with Crippen LogP contribution in [0.25, 0.3) is 0 Å². The summed E-state index contributed by atoms with van der Waals surface area (Å²) in [5.74, 6) is -4.44. The summed E-state index contributed by atoms with van der Waals surface area (Å²) in [6.45, 7) is 3.55. The number of benzene rings is 1. The molecule has 0 aliphatic carbocycles. The van der Waals surface area contributed by atoms with Crippen LogP contribution in [-0.2, 0) is 42.9 Å². The standard InChI is InChI=1S/C19H20Cl3NO9/c1-8(24)29-7-15(30-9(2)25)17(31-10(3)26)18(32-11(4)27)19(28)23-16-13(21)5-12(20)6-14(16)22/h5-6,15,17-18H,7H2,1-4H3,(H,23,28)/t15-,17-,18+/m1/s1. The van der Waals surface area contributed by atoms with Crippen LogP contribution in [0, 0.1) is 0 Å². The SMILES string of the molecule is CC(=O)OC[C@@H](OC(C)=O)[C@@H](OC(C)=O)[C@H](OC(C)=O)C(=O)Nc1c(Cl)cc(Cl)cc1Cl. The van der Waals surface area contributed by atoms with Gasteiger partial charge < -0.3 is 24.3 Å². The lowest BCUT2D eigenvalue weighted by atomic mass is 10.1. The van der Waals surface area contributed by atoms with Crippen molar-refractivity contribution in [3.8, 4) is 0 Å². The Kier molecular flexibility index (Phi) is 10.7.